The molecule has 0 aliphatic carbocycles. The number of thiocarbonyl (C=S) groups is 1. The molecule has 0 heterocycles. The van der Waals surface area contributed by atoms with Gasteiger partial charge in [0, 0.05) is 10.9 Å². The summed E-state index contributed by atoms with van der Waals surface area (Å²) in [6.07, 6.45) is 0. The van der Waals surface area contributed by atoms with Crippen molar-refractivity contribution in [1.82, 2.24) is 0 Å². The van der Waals surface area contributed by atoms with Gasteiger partial charge < -0.3 is 4.74 Å². The molecule has 1 aromatic rings. The smallest absolute Gasteiger partial charge is 0.126 e. The summed E-state index contributed by atoms with van der Waals surface area (Å²) >= 11 is 4.83. The van der Waals surface area contributed by atoms with Crippen LogP contribution in [0.3, 0.4) is 0 Å². The maximum Gasteiger partial charge on any atom is 0.126 e. The molecular weight excluding hydrogens is 156 g/mol. The Balaban J connectivity index is 3.16. The molecule has 2 heteroatoms. The molecule has 0 fully saturated rings. The van der Waals surface area contributed by atoms with Crippen LogP contribution in [0.25, 0.3) is 0 Å². The van der Waals surface area contributed by atoms with Crippen LogP contribution in [0.15, 0.2) is 18.2 Å². The number of hydrogen-bond acceptors (Lipinski definition) is 2. The van der Waals surface area contributed by atoms with E-state index in [0.29, 0.717) is 0 Å². The molecule has 1 nitrogen and oxygen atoms in total. The Morgan fingerprint density at radius 3 is 2.73 bits per heavy atom. The zero-order valence-electron chi connectivity index (χ0n) is 6.63. The number of hydrogen-bond donors (Lipinski definition) is 0. The van der Waals surface area contributed by atoms with E-state index in [0.717, 1.165) is 11.3 Å². The van der Waals surface area contributed by atoms with Crippen LogP contribution in [0.5, 0.6) is 5.75 Å². The Morgan fingerprint density at radius 2 is 2.18 bits per heavy atom. The summed E-state index contributed by atoms with van der Waals surface area (Å²) in [5.41, 5.74) is 2.17. The SMILES string of the molecule is COc1ccc(C)cc1C=S. The van der Waals surface area contributed by atoms with Crippen LogP contribution < -0.4 is 4.74 Å². The van der Waals surface area contributed by atoms with Crippen LogP contribution in [0.1, 0.15) is 11.1 Å². The minimum atomic E-state index is 0.839. The van der Waals surface area contributed by atoms with Crippen molar-refractivity contribution >= 4 is 17.6 Å². The molecule has 58 valence electrons. The van der Waals surface area contributed by atoms with Gasteiger partial charge in [-0.1, -0.05) is 23.8 Å². The van der Waals surface area contributed by atoms with Crippen molar-refractivity contribution in [3.8, 4) is 5.75 Å². The van der Waals surface area contributed by atoms with Gasteiger partial charge in [-0.3, -0.25) is 0 Å². The van der Waals surface area contributed by atoms with Crippen molar-refractivity contribution < 1.29 is 4.74 Å². The fourth-order valence-corrected chi connectivity index (χ4v) is 1.13. The fourth-order valence-electron chi connectivity index (χ4n) is 0.946. The van der Waals surface area contributed by atoms with E-state index < -0.39 is 0 Å². The molecule has 1 aromatic carbocycles. The van der Waals surface area contributed by atoms with Crippen LogP contribution in [-0.4, -0.2) is 12.5 Å². The molecule has 0 aromatic heterocycles. The van der Waals surface area contributed by atoms with Gasteiger partial charge in [-0.05, 0) is 19.1 Å². The first kappa shape index (κ1) is 8.21. The highest BCUT2D eigenvalue weighted by Gasteiger charge is 1.97. The summed E-state index contributed by atoms with van der Waals surface area (Å²) in [4.78, 5) is 0. The van der Waals surface area contributed by atoms with E-state index >= 15 is 0 Å². The molecule has 0 radical (unpaired) electrons. The molecule has 0 aliphatic heterocycles. The molecule has 0 saturated carbocycles. The van der Waals surface area contributed by atoms with Crippen LogP contribution in [0.2, 0.25) is 0 Å². The van der Waals surface area contributed by atoms with E-state index in [-0.39, 0.29) is 0 Å². The van der Waals surface area contributed by atoms with Crippen molar-refractivity contribution in [3.63, 3.8) is 0 Å². The Morgan fingerprint density at radius 1 is 1.45 bits per heavy atom. The van der Waals surface area contributed by atoms with Gasteiger partial charge in [-0.15, -0.1) is 0 Å². The molecule has 0 amide bonds. The van der Waals surface area contributed by atoms with Crippen molar-refractivity contribution in [2.45, 2.75) is 6.92 Å². The third kappa shape index (κ3) is 1.77. The Kier molecular flexibility index (Phi) is 2.60. The highest BCUT2D eigenvalue weighted by Crippen LogP contribution is 2.17. The topological polar surface area (TPSA) is 9.23 Å². The summed E-state index contributed by atoms with van der Waals surface area (Å²) in [6, 6.07) is 5.93. The summed E-state index contributed by atoms with van der Waals surface area (Å²) in [5, 5.41) is 1.63. The lowest BCUT2D eigenvalue weighted by Crippen LogP contribution is -1.89. The fraction of sp³-hybridized carbons (Fsp3) is 0.222. The molecular formula is C9H10OS. The zero-order valence-corrected chi connectivity index (χ0v) is 7.44. The summed E-state index contributed by atoms with van der Waals surface area (Å²) in [6.45, 7) is 2.03. The van der Waals surface area contributed by atoms with E-state index in [4.69, 9.17) is 17.0 Å². The maximum absolute atomic E-state index is 5.09. The first-order chi connectivity index (χ1) is 5.27. The van der Waals surface area contributed by atoms with Gasteiger partial charge in [0.2, 0.25) is 0 Å². The standard InChI is InChI=1S/C9H10OS/c1-7-3-4-9(10-2)8(5-7)6-11/h3-6H,1-2H3. The first-order valence-corrected chi connectivity index (χ1v) is 3.85. The third-order valence-electron chi connectivity index (χ3n) is 1.51. The van der Waals surface area contributed by atoms with Crippen LogP contribution >= 0.6 is 12.2 Å². The van der Waals surface area contributed by atoms with Gasteiger partial charge in [0.05, 0.1) is 7.11 Å². The molecule has 0 atom stereocenters. The predicted octanol–water partition coefficient (Wildman–Crippen LogP) is 2.35. The quantitative estimate of drug-likeness (QED) is 0.624. The number of ether oxygens (including phenoxy) is 1. The monoisotopic (exact) mass is 166 g/mol. The second-order valence-electron chi connectivity index (χ2n) is 2.36. The second-order valence-corrected chi connectivity index (χ2v) is 2.60. The molecule has 0 unspecified atom stereocenters. The molecule has 0 bridgehead atoms. The third-order valence-corrected chi connectivity index (χ3v) is 1.77. The number of aryl methyl sites for hydroxylation is 1. The molecule has 1 rings (SSSR count). The van der Waals surface area contributed by atoms with E-state index in [1.807, 2.05) is 25.1 Å². The van der Waals surface area contributed by atoms with Crippen molar-refractivity contribution in [2.75, 3.05) is 7.11 Å². The Labute approximate surface area is 72.0 Å². The van der Waals surface area contributed by atoms with Crippen molar-refractivity contribution in [2.24, 2.45) is 0 Å². The van der Waals surface area contributed by atoms with E-state index in [1.165, 1.54) is 5.56 Å². The Bertz CT molecular complexity index is 268. The lowest BCUT2D eigenvalue weighted by Gasteiger charge is -2.03. The summed E-state index contributed by atoms with van der Waals surface area (Å²) < 4.78 is 5.09. The van der Waals surface area contributed by atoms with Gasteiger partial charge in [0.1, 0.15) is 5.75 Å². The number of rotatable bonds is 2. The lowest BCUT2D eigenvalue weighted by atomic mass is 10.1. The normalized spacial score (nSPS) is 9.27. The minimum absolute atomic E-state index is 0.839. The van der Waals surface area contributed by atoms with Gasteiger partial charge in [0.15, 0.2) is 0 Å². The minimum Gasteiger partial charge on any atom is -0.496 e. The second kappa shape index (κ2) is 3.49. The Hall–Kier alpha value is -0.890. The molecule has 0 saturated heterocycles. The largest absolute Gasteiger partial charge is 0.496 e. The van der Waals surface area contributed by atoms with Gasteiger partial charge in [0.25, 0.3) is 0 Å². The van der Waals surface area contributed by atoms with Crippen LogP contribution in [0.4, 0.5) is 0 Å². The highest BCUT2D eigenvalue weighted by molar-refractivity contribution is 7.79. The van der Waals surface area contributed by atoms with Gasteiger partial charge >= 0.3 is 0 Å². The van der Waals surface area contributed by atoms with Crippen molar-refractivity contribution in [3.05, 3.63) is 29.3 Å². The summed E-state index contributed by atoms with van der Waals surface area (Å²) in [7, 11) is 1.65. The first-order valence-electron chi connectivity index (χ1n) is 3.37. The van der Waals surface area contributed by atoms with E-state index in [2.05, 4.69) is 0 Å². The average Bonchev–Trinajstić information content (AvgIpc) is 2.04. The van der Waals surface area contributed by atoms with Crippen molar-refractivity contribution in [1.29, 1.82) is 0 Å². The molecule has 0 aliphatic rings. The van der Waals surface area contributed by atoms with Crippen LogP contribution in [0, 0.1) is 6.92 Å². The predicted molar refractivity (Wildman–Crippen MR) is 50.5 cm³/mol. The van der Waals surface area contributed by atoms with E-state index in [1.54, 1.807) is 12.5 Å². The van der Waals surface area contributed by atoms with Gasteiger partial charge in [-0.25, -0.2) is 0 Å². The lowest BCUT2D eigenvalue weighted by molar-refractivity contribution is 0.414. The van der Waals surface area contributed by atoms with Crippen LogP contribution in [-0.2, 0) is 0 Å². The molecule has 11 heavy (non-hydrogen) atoms. The van der Waals surface area contributed by atoms with Gasteiger partial charge in [-0.2, -0.15) is 0 Å². The summed E-state index contributed by atoms with van der Waals surface area (Å²) in [5.74, 6) is 0.839. The van der Waals surface area contributed by atoms with E-state index in [9.17, 15) is 0 Å². The maximum atomic E-state index is 5.09. The molecule has 0 spiro atoms. The highest BCUT2D eigenvalue weighted by atomic mass is 32.1. The average molecular weight is 166 g/mol. The zero-order chi connectivity index (χ0) is 8.27. The molecule has 0 N–H and O–H groups in total. The number of methoxy groups -OCH3 is 1. The number of benzene rings is 1.